The highest BCUT2D eigenvalue weighted by molar-refractivity contribution is 5.75. The van der Waals surface area contributed by atoms with Gasteiger partial charge in [0.05, 0.1) is 5.69 Å². The molecule has 0 saturated heterocycles. The van der Waals surface area contributed by atoms with Gasteiger partial charge in [0.25, 0.3) is 0 Å². The maximum Gasteiger partial charge on any atom is 0.113 e. The van der Waals surface area contributed by atoms with Crippen LogP contribution in [0, 0.1) is 6.92 Å². The molecule has 0 bridgehead atoms. The van der Waals surface area contributed by atoms with E-state index in [0.29, 0.717) is 0 Å². The van der Waals surface area contributed by atoms with Crippen molar-refractivity contribution in [2.24, 2.45) is 0 Å². The van der Waals surface area contributed by atoms with Crippen molar-refractivity contribution in [2.75, 3.05) is 5.32 Å². The van der Waals surface area contributed by atoms with Crippen molar-refractivity contribution in [3.05, 3.63) is 78.4 Å². The minimum absolute atomic E-state index is 0.888. The van der Waals surface area contributed by atoms with Crippen LogP contribution in [0.5, 0.6) is 0 Å². The van der Waals surface area contributed by atoms with Crippen molar-refractivity contribution < 1.29 is 0 Å². The molecule has 0 atom stereocenters. The molecular weight excluding hydrogens is 284 g/mol. The van der Waals surface area contributed by atoms with Crippen LogP contribution in [0.2, 0.25) is 0 Å². The van der Waals surface area contributed by atoms with Gasteiger partial charge in [0, 0.05) is 5.69 Å². The Hall–Kier alpha value is -3.14. The molecule has 0 saturated carbocycles. The summed E-state index contributed by atoms with van der Waals surface area (Å²) in [5.74, 6) is 0. The summed E-state index contributed by atoms with van der Waals surface area (Å²) in [5.41, 5.74) is 5.91. The summed E-state index contributed by atoms with van der Waals surface area (Å²) in [6, 6.07) is 24.2. The Morgan fingerprint density at radius 3 is 2.13 bits per heavy atom. The second-order valence-electron chi connectivity index (χ2n) is 5.49. The third kappa shape index (κ3) is 2.66. The van der Waals surface area contributed by atoms with Crippen molar-refractivity contribution in [1.29, 1.82) is 0 Å². The third-order valence-electron chi connectivity index (χ3n) is 3.71. The molecule has 0 amide bonds. The number of rotatable bonds is 3. The minimum Gasteiger partial charge on any atom is -0.354 e. The van der Waals surface area contributed by atoms with Crippen molar-refractivity contribution >= 4 is 22.4 Å². The van der Waals surface area contributed by atoms with Crippen LogP contribution >= 0.6 is 0 Å². The van der Waals surface area contributed by atoms with Crippen LogP contribution in [-0.2, 0) is 0 Å². The zero-order chi connectivity index (χ0) is 15.6. The second-order valence-corrected chi connectivity index (χ2v) is 5.49. The molecule has 4 aromatic rings. The first-order valence-corrected chi connectivity index (χ1v) is 7.55. The zero-order valence-electron chi connectivity index (χ0n) is 12.8. The van der Waals surface area contributed by atoms with E-state index in [2.05, 4.69) is 34.6 Å². The molecule has 0 aliphatic carbocycles. The van der Waals surface area contributed by atoms with Crippen molar-refractivity contribution in [3.8, 4) is 5.69 Å². The van der Waals surface area contributed by atoms with Gasteiger partial charge in [0.2, 0.25) is 0 Å². The number of aryl methyl sites for hydroxylation is 1. The number of nitrogens with zero attached hydrogens (tertiary/aromatic N) is 3. The molecule has 4 heteroatoms. The lowest BCUT2D eigenvalue weighted by Crippen LogP contribution is -2.03. The molecule has 0 fully saturated rings. The van der Waals surface area contributed by atoms with Crippen molar-refractivity contribution in [1.82, 2.24) is 15.0 Å². The molecule has 1 heterocycles. The number of hydrogen-bond donors (Lipinski definition) is 1. The second kappa shape index (κ2) is 5.57. The van der Waals surface area contributed by atoms with Crippen LogP contribution in [0.15, 0.2) is 72.8 Å². The number of fused-ring (bicyclic) bond motifs is 1. The predicted molar refractivity (Wildman–Crippen MR) is 93.3 cm³/mol. The fourth-order valence-electron chi connectivity index (χ4n) is 2.57. The molecule has 1 N–H and O–H groups in total. The molecule has 3 aromatic carbocycles. The van der Waals surface area contributed by atoms with E-state index in [-0.39, 0.29) is 0 Å². The average molecular weight is 300 g/mol. The number of benzene rings is 3. The van der Waals surface area contributed by atoms with Gasteiger partial charge in [-0.25, -0.2) is 0 Å². The maximum absolute atomic E-state index is 4.58. The van der Waals surface area contributed by atoms with Crippen LogP contribution in [-0.4, -0.2) is 15.0 Å². The van der Waals surface area contributed by atoms with Crippen LogP contribution < -0.4 is 5.32 Å². The van der Waals surface area contributed by atoms with Crippen LogP contribution in [0.25, 0.3) is 16.7 Å². The quantitative estimate of drug-likeness (QED) is 0.607. The van der Waals surface area contributed by atoms with E-state index < -0.39 is 0 Å². The Balaban J connectivity index is 1.81. The largest absolute Gasteiger partial charge is 0.354 e. The summed E-state index contributed by atoms with van der Waals surface area (Å²) in [6.45, 7) is 2.08. The first-order chi connectivity index (χ1) is 11.3. The lowest BCUT2D eigenvalue weighted by atomic mass is 10.2. The molecule has 0 unspecified atom stereocenters. The highest BCUT2D eigenvalue weighted by Gasteiger charge is 2.09. The summed E-state index contributed by atoms with van der Waals surface area (Å²) in [5, 5.41) is 12.6. The molecule has 0 aliphatic heterocycles. The highest BCUT2D eigenvalue weighted by atomic mass is 15.5. The van der Waals surface area contributed by atoms with Gasteiger partial charge < -0.3 is 5.32 Å². The van der Waals surface area contributed by atoms with Gasteiger partial charge in [-0.3, -0.25) is 0 Å². The van der Waals surface area contributed by atoms with Gasteiger partial charge in [0.1, 0.15) is 16.7 Å². The molecule has 1 aromatic heterocycles. The summed E-state index contributed by atoms with van der Waals surface area (Å²) in [6.07, 6.45) is 0. The molecule has 4 nitrogen and oxygen atoms in total. The van der Waals surface area contributed by atoms with E-state index in [9.17, 15) is 0 Å². The topological polar surface area (TPSA) is 42.7 Å². The first-order valence-electron chi connectivity index (χ1n) is 7.55. The van der Waals surface area contributed by atoms with E-state index >= 15 is 0 Å². The monoisotopic (exact) mass is 300 g/mol. The molecule has 23 heavy (non-hydrogen) atoms. The van der Waals surface area contributed by atoms with Gasteiger partial charge in [0.15, 0.2) is 0 Å². The van der Waals surface area contributed by atoms with E-state index in [4.69, 9.17) is 0 Å². The van der Waals surface area contributed by atoms with Crippen LogP contribution in [0.4, 0.5) is 11.4 Å². The summed E-state index contributed by atoms with van der Waals surface area (Å²) in [7, 11) is 0. The molecule has 4 rings (SSSR count). The fourth-order valence-corrected chi connectivity index (χ4v) is 2.57. The Kier molecular flexibility index (Phi) is 3.27. The van der Waals surface area contributed by atoms with E-state index in [1.54, 1.807) is 4.80 Å². The van der Waals surface area contributed by atoms with Gasteiger partial charge in [-0.2, -0.15) is 0 Å². The maximum atomic E-state index is 4.58. The lowest BCUT2D eigenvalue weighted by molar-refractivity contribution is 0.767. The van der Waals surface area contributed by atoms with Crippen molar-refractivity contribution in [3.63, 3.8) is 0 Å². The predicted octanol–water partition coefficient (Wildman–Crippen LogP) is 4.47. The SMILES string of the molecule is Cc1ccc(-n2nc3ccccc3n2)c(Nc2ccccc2)c1. The third-order valence-corrected chi connectivity index (χ3v) is 3.71. The summed E-state index contributed by atoms with van der Waals surface area (Å²) >= 11 is 0. The minimum atomic E-state index is 0.888. The highest BCUT2D eigenvalue weighted by Crippen LogP contribution is 2.25. The van der Waals surface area contributed by atoms with Gasteiger partial charge in [-0.1, -0.05) is 36.4 Å². The Labute approximate surface area is 134 Å². The van der Waals surface area contributed by atoms with E-state index in [0.717, 1.165) is 28.1 Å². The van der Waals surface area contributed by atoms with Crippen molar-refractivity contribution in [2.45, 2.75) is 6.92 Å². The standard InChI is InChI=1S/C19H16N4/c1-14-11-12-19(18(13-14)20-15-7-3-2-4-8-15)23-21-16-9-5-6-10-17(16)22-23/h2-13,20H,1H3. The van der Waals surface area contributed by atoms with Crippen LogP contribution in [0.1, 0.15) is 5.56 Å². The fraction of sp³-hybridized carbons (Fsp3) is 0.0526. The van der Waals surface area contributed by atoms with E-state index in [1.807, 2.05) is 60.7 Å². The van der Waals surface area contributed by atoms with Crippen LogP contribution in [0.3, 0.4) is 0 Å². The number of hydrogen-bond acceptors (Lipinski definition) is 3. The van der Waals surface area contributed by atoms with E-state index in [1.165, 1.54) is 5.56 Å². The number of nitrogens with one attached hydrogen (secondary N) is 1. The van der Waals surface area contributed by atoms with Gasteiger partial charge >= 0.3 is 0 Å². The average Bonchev–Trinajstić information content (AvgIpc) is 2.99. The number of aromatic nitrogens is 3. The van der Waals surface area contributed by atoms with Gasteiger partial charge in [-0.15, -0.1) is 15.0 Å². The molecule has 0 spiro atoms. The summed E-state index contributed by atoms with van der Waals surface area (Å²) < 4.78 is 0. The smallest absolute Gasteiger partial charge is 0.113 e. The lowest BCUT2D eigenvalue weighted by Gasteiger charge is -2.12. The Morgan fingerprint density at radius 2 is 1.43 bits per heavy atom. The van der Waals surface area contributed by atoms with Gasteiger partial charge in [-0.05, 0) is 48.9 Å². The normalized spacial score (nSPS) is 10.8. The zero-order valence-corrected chi connectivity index (χ0v) is 12.8. The first kappa shape index (κ1) is 13.5. The number of para-hydroxylation sites is 1. The molecule has 112 valence electrons. The Bertz CT molecular complexity index is 924. The molecule has 0 radical (unpaired) electrons. The molecule has 0 aliphatic rings. The number of anilines is 2. The Morgan fingerprint density at radius 1 is 0.783 bits per heavy atom. The summed E-state index contributed by atoms with van der Waals surface area (Å²) in [4.78, 5) is 1.69. The molecular formula is C19H16N4.